The van der Waals surface area contributed by atoms with Crippen LogP contribution in [0.25, 0.3) is 0 Å². The maximum atomic E-state index is 13.8. The number of nitrogens with one attached hydrogen (secondary N) is 1. The minimum Gasteiger partial charge on any atom is -0.481 e. The van der Waals surface area contributed by atoms with E-state index in [1.807, 2.05) is 6.07 Å². The lowest BCUT2D eigenvalue weighted by molar-refractivity contribution is 0.382. The van der Waals surface area contributed by atoms with Gasteiger partial charge in [-0.3, -0.25) is 11.3 Å². The summed E-state index contributed by atoms with van der Waals surface area (Å²) in [6, 6.07) is 7.82. The van der Waals surface area contributed by atoms with Crippen LogP contribution in [0.2, 0.25) is 5.02 Å². The molecule has 0 aliphatic heterocycles. The van der Waals surface area contributed by atoms with Crippen LogP contribution in [0.15, 0.2) is 36.5 Å². The maximum Gasteiger partial charge on any atom is 0.217 e. The topological polar surface area (TPSA) is 60.2 Å². The molecule has 1 heterocycles. The predicted molar refractivity (Wildman–Crippen MR) is 76.0 cm³/mol. The van der Waals surface area contributed by atoms with Crippen molar-refractivity contribution < 1.29 is 9.13 Å². The van der Waals surface area contributed by atoms with E-state index in [4.69, 9.17) is 22.2 Å². The fourth-order valence-corrected chi connectivity index (χ4v) is 2.27. The van der Waals surface area contributed by atoms with Crippen LogP contribution in [-0.4, -0.2) is 12.1 Å². The highest BCUT2D eigenvalue weighted by Crippen LogP contribution is 2.28. The zero-order valence-electron chi connectivity index (χ0n) is 10.9. The summed E-state index contributed by atoms with van der Waals surface area (Å²) < 4.78 is 19.0. The monoisotopic (exact) mass is 295 g/mol. The Morgan fingerprint density at radius 2 is 2.20 bits per heavy atom. The van der Waals surface area contributed by atoms with Crippen molar-refractivity contribution in [3.05, 3.63) is 58.5 Å². The summed E-state index contributed by atoms with van der Waals surface area (Å²) in [5, 5.41) is 0.369. The molecule has 106 valence electrons. The molecule has 0 fully saturated rings. The number of hydrogen-bond donors (Lipinski definition) is 2. The van der Waals surface area contributed by atoms with E-state index in [0.29, 0.717) is 22.9 Å². The zero-order valence-corrected chi connectivity index (χ0v) is 11.7. The lowest BCUT2D eigenvalue weighted by atomic mass is 10.00. The molecule has 0 aliphatic carbocycles. The first-order valence-electron chi connectivity index (χ1n) is 6.05. The van der Waals surface area contributed by atoms with Crippen LogP contribution in [0.4, 0.5) is 4.39 Å². The van der Waals surface area contributed by atoms with Gasteiger partial charge in [-0.15, -0.1) is 0 Å². The second-order valence-electron chi connectivity index (χ2n) is 4.23. The maximum absolute atomic E-state index is 13.8. The standard InChI is InChI=1S/C14H15ClFN3O/c1-20-14-9(4-3-7-18-14)13(19-17)8-10-11(15)5-2-6-12(10)16/h2-7,13,19H,8,17H2,1H3. The van der Waals surface area contributed by atoms with Crippen LogP contribution in [0, 0.1) is 5.82 Å². The minimum absolute atomic E-state index is 0.296. The van der Waals surface area contributed by atoms with Crippen molar-refractivity contribution >= 4 is 11.6 Å². The van der Waals surface area contributed by atoms with Crippen LogP contribution in [0.3, 0.4) is 0 Å². The number of methoxy groups -OCH3 is 1. The van der Waals surface area contributed by atoms with Crippen molar-refractivity contribution in [2.75, 3.05) is 7.11 Å². The molecule has 0 spiro atoms. The zero-order chi connectivity index (χ0) is 14.5. The summed E-state index contributed by atoms with van der Waals surface area (Å²) in [7, 11) is 1.52. The molecule has 4 nitrogen and oxygen atoms in total. The first-order valence-corrected chi connectivity index (χ1v) is 6.43. The Balaban J connectivity index is 2.34. The number of pyridine rings is 1. The summed E-state index contributed by atoms with van der Waals surface area (Å²) >= 11 is 6.04. The predicted octanol–water partition coefficient (Wildman–Crippen LogP) is 2.63. The van der Waals surface area contributed by atoms with Crippen molar-refractivity contribution in [3.63, 3.8) is 0 Å². The molecule has 0 radical (unpaired) electrons. The summed E-state index contributed by atoms with van der Waals surface area (Å²) in [6.45, 7) is 0. The Labute approximate surface area is 121 Å². The number of nitrogens with two attached hydrogens (primary N) is 1. The molecule has 6 heteroatoms. The smallest absolute Gasteiger partial charge is 0.217 e. The van der Waals surface area contributed by atoms with Crippen molar-refractivity contribution in [1.82, 2.24) is 10.4 Å². The average molecular weight is 296 g/mol. The summed E-state index contributed by atoms with van der Waals surface area (Å²) in [5.41, 5.74) is 3.80. The van der Waals surface area contributed by atoms with E-state index in [9.17, 15) is 4.39 Å². The number of hydrogen-bond acceptors (Lipinski definition) is 4. The Hall–Kier alpha value is -1.69. The Morgan fingerprint density at radius 3 is 2.85 bits per heavy atom. The van der Waals surface area contributed by atoms with E-state index in [0.717, 1.165) is 5.56 Å². The molecule has 1 atom stereocenters. The molecule has 1 aromatic carbocycles. The lowest BCUT2D eigenvalue weighted by Crippen LogP contribution is -2.30. The van der Waals surface area contributed by atoms with Gasteiger partial charge in [-0.1, -0.05) is 23.7 Å². The van der Waals surface area contributed by atoms with Gasteiger partial charge in [0.1, 0.15) is 5.82 Å². The molecule has 3 N–H and O–H groups in total. The third-order valence-corrected chi connectivity index (χ3v) is 3.39. The van der Waals surface area contributed by atoms with Crippen molar-refractivity contribution in [2.45, 2.75) is 12.5 Å². The average Bonchev–Trinajstić information content (AvgIpc) is 2.47. The largest absolute Gasteiger partial charge is 0.481 e. The normalized spacial score (nSPS) is 12.2. The second-order valence-corrected chi connectivity index (χ2v) is 4.63. The Morgan fingerprint density at radius 1 is 1.40 bits per heavy atom. The number of benzene rings is 1. The molecular weight excluding hydrogens is 281 g/mol. The van der Waals surface area contributed by atoms with Crippen LogP contribution < -0.4 is 16.0 Å². The first kappa shape index (κ1) is 14.7. The van der Waals surface area contributed by atoms with Gasteiger partial charge in [0.15, 0.2) is 0 Å². The summed E-state index contributed by atoms with van der Waals surface area (Å²) in [4.78, 5) is 4.11. The minimum atomic E-state index is -0.361. The van der Waals surface area contributed by atoms with Crippen LogP contribution in [0.1, 0.15) is 17.2 Å². The molecule has 0 bridgehead atoms. The number of nitrogens with zero attached hydrogens (tertiary/aromatic N) is 1. The molecule has 20 heavy (non-hydrogen) atoms. The van der Waals surface area contributed by atoms with E-state index in [1.165, 1.54) is 13.2 Å². The van der Waals surface area contributed by atoms with Gasteiger partial charge < -0.3 is 4.74 Å². The molecule has 0 amide bonds. The van der Waals surface area contributed by atoms with Gasteiger partial charge in [-0.25, -0.2) is 9.37 Å². The van der Waals surface area contributed by atoms with Crippen LogP contribution >= 0.6 is 11.6 Å². The number of halogens is 2. The highest BCUT2D eigenvalue weighted by atomic mass is 35.5. The van der Waals surface area contributed by atoms with Crippen LogP contribution in [0.5, 0.6) is 5.88 Å². The lowest BCUT2D eigenvalue weighted by Gasteiger charge is -2.19. The molecule has 2 aromatic rings. The van der Waals surface area contributed by atoms with E-state index >= 15 is 0 Å². The van der Waals surface area contributed by atoms with Gasteiger partial charge in [0, 0.05) is 22.3 Å². The second kappa shape index (κ2) is 6.65. The molecule has 0 aliphatic rings. The molecule has 0 saturated heterocycles. The highest BCUT2D eigenvalue weighted by Gasteiger charge is 2.19. The van der Waals surface area contributed by atoms with Gasteiger partial charge in [0.25, 0.3) is 0 Å². The quantitative estimate of drug-likeness (QED) is 0.657. The molecule has 2 rings (SSSR count). The van der Waals surface area contributed by atoms with E-state index < -0.39 is 0 Å². The van der Waals surface area contributed by atoms with Gasteiger partial charge in [-0.2, -0.15) is 0 Å². The molecule has 1 unspecified atom stereocenters. The fraction of sp³-hybridized carbons (Fsp3) is 0.214. The molecule has 0 saturated carbocycles. The van der Waals surface area contributed by atoms with Gasteiger partial charge >= 0.3 is 0 Å². The van der Waals surface area contributed by atoms with Gasteiger partial charge in [-0.05, 0) is 24.6 Å². The molecular formula is C14H15ClFN3O. The van der Waals surface area contributed by atoms with Crippen LogP contribution in [-0.2, 0) is 6.42 Å². The van der Waals surface area contributed by atoms with E-state index in [2.05, 4.69) is 10.4 Å². The number of aromatic nitrogens is 1. The number of ether oxygens (including phenoxy) is 1. The SMILES string of the molecule is COc1ncccc1C(Cc1c(F)cccc1Cl)NN. The van der Waals surface area contributed by atoms with E-state index in [-0.39, 0.29) is 11.9 Å². The Kier molecular flexibility index (Phi) is 4.89. The highest BCUT2D eigenvalue weighted by molar-refractivity contribution is 6.31. The Bertz CT molecular complexity index is 574. The third kappa shape index (κ3) is 3.07. The number of rotatable bonds is 5. The summed E-state index contributed by atoms with van der Waals surface area (Å²) in [6.07, 6.45) is 1.91. The van der Waals surface area contributed by atoms with Gasteiger partial charge in [0.05, 0.1) is 13.2 Å². The van der Waals surface area contributed by atoms with E-state index in [1.54, 1.807) is 24.4 Å². The first-order chi connectivity index (χ1) is 9.67. The van der Waals surface area contributed by atoms with Gasteiger partial charge in [0.2, 0.25) is 5.88 Å². The van der Waals surface area contributed by atoms with Crippen molar-refractivity contribution in [1.29, 1.82) is 0 Å². The number of hydrazine groups is 1. The van der Waals surface area contributed by atoms with Crippen molar-refractivity contribution in [3.8, 4) is 5.88 Å². The third-order valence-electron chi connectivity index (χ3n) is 3.04. The summed E-state index contributed by atoms with van der Waals surface area (Å²) in [5.74, 6) is 5.66. The fourth-order valence-electron chi connectivity index (χ4n) is 2.03. The molecule has 1 aromatic heterocycles. The van der Waals surface area contributed by atoms with Crippen molar-refractivity contribution in [2.24, 2.45) is 5.84 Å².